The Labute approximate surface area is 177 Å². The average molecular weight is 404 g/mol. The Morgan fingerprint density at radius 1 is 1.00 bits per heavy atom. The van der Waals surface area contributed by atoms with E-state index in [1.54, 1.807) is 6.07 Å². The number of fused-ring (bicyclic) bond motifs is 1. The van der Waals surface area contributed by atoms with Crippen molar-refractivity contribution in [1.29, 1.82) is 0 Å². The third kappa shape index (κ3) is 4.30. The van der Waals surface area contributed by atoms with Crippen molar-refractivity contribution in [3.63, 3.8) is 0 Å². The van der Waals surface area contributed by atoms with E-state index in [0.29, 0.717) is 28.9 Å². The third-order valence-corrected chi connectivity index (χ3v) is 5.88. The second kappa shape index (κ2) is 8.82. The standard InChI is InChI=1S/C25H29N3O2/c1-18(2)17-28-24(29)22-11-7-6-10-21(22)23(26-28)25(30)27-14-12-20(13-15-27)16-19-8-4-3-5-9-19/h3-11,18,20H,12-17H2,1-2H3. The van der Waals surface area contributed by atoms with Gasteiger partial charge in [0, 0.05) is 25.0 Å². The third-order valence-electron chi connectivity index (χ3n) is 5.88. The lowest BCUT2D eigenvalue weighted by Gasteiger charge is -2.32. The molecule has 3 aromatic rings. The van der Waals surface area contributed by atoms with Crippen LogP contribution in [0.25, 0.3) is 10.8 Å². The first-order valence-corrected chi connectivity index (χ1v) is 10.9. The molecule has 4 rings (SSSR count). The fourth-order valence-electron chi connectivity index (χ4n) is 4.30. The van der Waals surface area contributed by atoms with Gasteiger partial charge in [-0.15, -0.1) is 0 Å². The summed E-state index contributed by atoms with van der Waals surface area (Å²) in [6.45, 7) is 6.05. The first-order chi connectivity index (χ1) is 14.5. The van der Waals surface area contributed by atoms with Crippen molar-refractivity contribution in [3.05, 3.63) is 76.2 Å². The van der Waals surface area contributed by atoms with Gasteiger partial charge >= 0.3 is 0 Å². The highest BCUT2D eigenvalue weighted by Gasteiger charge is 2.27. The van der Waals surface area contributed by atoms with Crippen molar-refractivity contribution in [2.75, 3.05) is 13.1 Å². The van der Waals surface area contributed by atoms with Crippen LogP contribution in [0.4, 0.5) is 0 Å². The van der Waals surface area contributed by atoms with Crippen LogP contribution in [0.2, 0.25) is 0 Å². The molecular formula is C25H29N3O2. The first-order valence-electron chi connectivity index (χ1n) is 10.9. The number of hydrogen-bond acceptors (Lipinski definition) is 3. The number of rotatable bonds is 5. The number of amides is 1. The van der Waals surface area contributed by atoms with Gasteiger partial charge in [0.2, 0.25) is 0 Å². The van der Waals surface area contributed by atoms with Crippen LogP contribution in [0.15, 0.2) is 59.4 Å². The maximum atomic E-state index is 13.4. The minimum atomic E-state index is -0.127. The van der Waals surface area contributed by atoms with Gasteiger partial charge in [0.1, 0.15) is 0 Å². The fourth-order valence-corrected chi connectivity index (χ4v) is 4.30. The summed E-state index contributed by atoms with van der Waals surface area (Å²) in [6.07, 6.45) is 3.04. The summed E-state index contributed by atoms with van der Waals surface area (Å²) in [5, 5.41) is 5.73. The zero-order chi connectivity index (χ0) is 21.1. The maximum Gasteiger partial charge on any atom is 0.274 e. The molecule has 2 heterocycles. The molecule has 30 heavy (non-hydrogen) atoms. The molecule has 0 bridgehead atoms. The van der Waals surface area contributed by atoms with Gasteiger partial charge in [-0.3, -0.25) is 9.59 Å². The molecule has 0 N–H and O–H groups in total. The van der Waals surface area contributed by atoms with Crippen LogP contribution in [-0.2, 0) is 13.0 Å². The Kier molecular flexibility index (Phi) is 5.98. The fraction of sp³-hybridized carbons (Fsp3) is 0.400. The van der Waals surface area contributed by atoms with Gasteiger partial charge < -0.3 is 4.90 Å². The lowest BCUT2D eigenvalue weighted by molar-refractivity contribution is 0.0684. The summed E-state index contributed by atoms with van der Waals surface area (Å²) in [4.78, 5) is 28.1. The zero-order valence-electron chi connectivity index (χ0n) is 17.8. The summed E-state index contributed by atoms with van der Waals surface area (Å²) >= 11 is 0. The van der Waals surface area contributed by atoms with E-state index >= 15 is 0 Å². The number of benzene rings is 2. The molecule has 5 nitrogen and oxygen atoms in total. The monoisotopic (exact) mass is 403 g/mol. The number of aromatic nitrogens is 2. The zero-order valence-corrected chi connectivity index (χ0v) is 17.8. The van der Waals surface area contributed by atoms with Gasteiger partial charge in [-0.05, 0) is 42.7 Å². The van der Waals surface area contributed by atoms with E-state index in [9.17, 15) is 9.59 Å². The van der Waals surface area contributed by atoms with Crippen molar-refractivity contribution < 1.29 is 4.79 Å². The van der Waals surface area contributed by atoms with Gasteiger partial charge in [0.25, 0.3) is 11.5 Å². The SMILES string of the molecule is CC(C)Cn1nc(C(=O)N2CCC(Cc3ccccc3)CC2)c2ccccc2c1=O. The molecule has 1 saturated heterocycles. The molecule has 0 unspecified atom stereocenters. The summed E-state index contributed by atoms with van der Waals surface area (Å²) < 4.78 is 1.46. The Morgan fingerprint density at radius 2 is 1.63 bits per heavy atom. The number of likely N-dealkylation sites (tertiary alicyclic amines) is 1. The van der Waals surface area contributed by atoms with Crippen molar-refractivity contribution >= 4 is 16.7 Å². The number of carbonyl (C=O) groups is 1. The minimum Gasteiger partial charge on any atom is -0.337 e. The quantitative estimate of drug-likeness (QED) is 0.643. The molecule has 1 aromatic heterocycles. The summed E-state index contributed by atoms with van der Waals surface area (Å²) in [6, 6.07) is 17.9. The Balaban J connectivity index is 1.55. The highest BCUT2D eigenvalue weighted by Crippen LogP contribution is 2.24. The molecule has 0 spiro atoms. The maximum absolute atomic E-state index is 13.4. The Bertz CT molecular complexity index is 1080. The van der Waals surface area contributed by atoms with Crippen molar-refractivity contribution in [1.82, 2.24) is 14.7 Å². The van der Waals surface area contributed by atoms with Crippen LogP contribution in [0, 0.1) is 11.8 Å². The number of piperidine rings is 1. The molecule has 0 radical (unpaired) electrons. The van der Waals surface area contributed by atoms with Crippen LogP contribution < -0.4 is 5.56 Å². The highest BCUT2D eigenvalue weighted by molar-refractivity contribution is 6.04. The second-order valence-electron chi connectivity index (χ2n) is 8.70. The van der Waals surface area contributed by atoms with E-state index in [1.807, 2.05) is 43.0 Å². The molecular weight excluding hydrogens is 374 g/mol. The summed E-state index contributed by atoms with van der Waals surface area (Å²) in [5.41, 5.74) is 1.63. The van der Waals surface area contributed by atoms with Crippen LogP contribution >= 0.6 is 0 Å². The van der Waals surface area contributed by atoms with Crippen LogP contribution in [-0.4, -0.2) is 33.7 Å². The van der Waals surface area contributed by atoms with E-state index < -0.39 is 0 Å². The lowest BCUT2D eigenvalue weighted by atomic mass is 9.90. The highest BCUT2D eigenvalue weighted by atomic mass is 16.2. The Hall–Kier alpha value is -2.95. The molecule has 0 saturated carbocycles. The van der Waals surface area contributed by atoms with Gasteiger partial charge in [-0.25, -0.2) is 4.68 Å². The lowest BCUT2D eigenvalue weighted by Crippen LogP contribution is -2.40. The summed E-state index contributed by atoms with van der Waals surface area (Å²) in [7, 11) is 0. The van der Waals surface area contributed by atoms with E-state index in [4.69, 9.17) is 0 Å². The minimum absolute atomic E-state index is 0.0677. The molecule has 0 atom stereocenters. The van der Waals surface area contributed by atoms with E-state index in [2.05, 4.69) is 29.4 Å². The number of nitrogens with zero attached hydrogens (tertiary/aromatic N) is 3. The van der Waals surface area contributed by atoms with Crippen molar-refractivity contribution in [3.8, 4) is 0 Å². The molecule has 1 fully saturated rings. The first kappa shape index (κ1) is 20.3. The van der Waals surface area contributed by atoms with Crippen LogP contribution in [0.5, 0.6) is 0 Å². The molecule has 156 valence electrons. The largest absolute Gasteiger partial charge is 0.337 e. The van der Waals surface area contributed by atoms with E-state index in [1.165, 1.54) is 10.2 Å². The molecule has 2 aromatic carbocycles. The molecule has 1 amide bonds. The summed E-state index contributed by atoms with van der Waals surface area (Å²) in [5.74, 6) is 0.797. The van der Waals surface area contributed by atoms with Gasteiger partial charge in [0.05, 0.1) is 5.39 Å². The van der Waals surface area contributed by atoms with E-state index in [-0.39, 0.29) is 17.4 Å². The Morgan fingerprint density at radius 3 is 2.30 bits per heavy atom. The predicted molar refractivity (Wildman–Crippen MR) is 120 cm³/mol. The number of carbonyl (C=O) groups excluding carboxylic acids is 1. The van der Waals surface area contributed by atoms with Gasteiger partial charge in [-0.1, -0.05) is 62.4 Å². The predicted octanol–water partition coefficient (Wildman–Crippen LogP) is 4.15. The number of hydrogen-bond donors (Lipinski definition) is 0. The average Bonchev–Trinajstić information content (AvgIpc) is 2.76. The smallest absolute Gasteiger partial charge is 0.274 e. The second-order valence-corrected chi connectivity index (χ2v) is 8.70. The van der Waals surface area contributed by atoms with E-state index in [0.717, 1.165) is 32.4 Å². The normalized spacial score (nSPS) is 15.1. The van der Waals surface area contributed by atoms with Gasteiger partial charge in [-0.2, -0.15) is 5.10 Å². The van der Waals surface area contributed by atoms with Crippen molar-refractivity contribution in [2.45, 2.75) is 39.7 Å². The van der Waals surface area contributed by atoms with Crippen LogP contribution in [0.1, 0.15) is 42.7 Å². The van der Waals surface area contributed by atoms with Crippen LogP contribution in [0.3, 0.4) is 0 Å². The molecule has 5 heteroatoms. The topological polar surface area (TPSA) is 55.2 Å². The van der Waals surface area contributed by atoms with Gasteiger partial charge in [0.15, 0.2) is 5.69 Å². The molecule has 1 aliphatic rings. The molecule has 0 aliphatic carbocycles. The molecule has 1 aliphatic heterocycles. The van der Waals surface area contributed by atoms with Crippen molar-refractivity contribution in [2.24, 2.45) is 11.8 Å².